The van der Waals surface area contributed by atoms with Crippen molar-refractivity contribution in [1.29, 1.82) is 0 Å². The van der Waals surface area contributed by atoms with E-state index in [9.17, 15) is 30.0 Å². The van der Waals surface area contributed by atoms with Crippen molar-refractivity contribution < 1.29 is 30.0 Å². The molecular weight excluding hydrogens is 680 g/mol. The molecule has 0 saturated heterocycles. The van der Waals surface area contributed by atoms with E-state index in [1.54, 1.807) is 24.3 Å². The van der Waals surface area contributed by atoms with Gasteiger partial charge in [0.1, 0.15) is 11.5 Å². The number of carbonyl (C=O) groups is 2. The van der Waals surface area contributed by atoms with Crippen LogP contribution in [0.1, 0.15) is 43.0 Å². The molecule has 2 N–H and O–H groups in total. The minimum atomic E-state index is -1.50. The van der Waals surface area contributed by atoms with Crippen LogP contribution >= 0.6 is 63.7 Å². The van der Waals surface area contributed by atoms with Crippen molar-refractivity contribution >= 4 is 75.7 Å². The molecule has 3 rings (SSSR count). The summed E-state index contributed by atoms with van der Waals surface area (Å²) >= 11 is 13.1. The van der Waals surface area contributed by atoms with Crippen molar-refractivity contribution in [3.05, 3.63) is 87.7 Å². The highest BCUT2D eigenvalue weighted by Crippen LogP contribution is 2.37. The molecular formula is C22H12Br4O6-2. The second-order valence-corrected chi connectivity index (χ2v) is 10.4. The normalized spacial score (nSPS) is 10.9. The van der Waals surface area contributed by atoms with Gasteiger partial charge >= 0.3 is 0 Å². The number of carboxylic acid groups (broad SMARTS) is 2. The molecule has 0 amide bonds. The number of rotatable bonds is 6. The number of carboxylic acids is 2. The molecule has 0 heterocycles. The number of aromatic carboxylic acids is 2. The molecule has 3 aromatic carbocycles. The van der Waals surface area contributed by atoms with Crippen LogP contribution in [0, 0.1) is 0 Å². The van der Waals surface area contributed by atoms with E-state index < -0.39 is 11.9 Å². The SMILES string of the molecule is O=C([O-])c1ccc(C(=O)[O-])c(Cc2cc(Br)cc(Br)c2O)c1Cc1cc(Br)cc(Br)c1O. The van der Waals surface area contributed by atoms with E-state index in [2.05, 4.69) is 63.7 Å². The second-order valence-electron chi connectivity index (χ2n) is 6.84. The predicted molar refractivity (Wildman–Crippen MR) is 128 cm³/mol. The van der Waals surface area contributed by atoms with Crippen molar-refractivity contribution in [3.63, 3.8) is 0 Å². The van der Waals surface area contributed by atoms with Gasteiger partial charge in [-0.1, -0.05) is 44.0 Å². The van der Waals surface area contributed by atoms with E-state index in [1.807, 2.05) is 0 Å². The number of halogens is 4. The Bertz CT molecular complexity index is 1160. The highest BCUT2D eigenvalue weighted by Gasteiger charge is 2.20. The highest BCUT2D eigenvalue weighted by molar-refractivity contribution is 9.11. The minimum Gasteiger partial charge on any atom is -0.545 e. The van der Waals surface area contributed by atoms with Gasteiger partial charge in [-0.2, -0.15) is 0 Å². The molecule has 0 aliphatic heterocycles. The van der Waals surface area contributed by atoms with E-state index in [0.717, 1.165) is 12.1 Å². The quantitative estimate of drug-likeness (QED) is 0.403. The number of aromatic hydroxyl groups is 2. The molecule has 166 valence electrons. The average molecular weight is 692 g/mol. The summed E-state index contributed by atoms with van der Waals surface area (Å²) in [6.07, 6.45) is -0.223. The van der Waals surface area contributed by atoms with Gasteiger partial charge in [0, 0.05) is 44.0 Å². The van der Waals surface area contributed by atoms with Gasteiger partial charge < -0.3 is 30.0 Å². The summed E-state index contributed by atoms with van der Waals surface area (Å²) in [7, 11) is 0. The Labute approximate surface area is 216 Å². The summed E-state index contributed by atoms with van der Waals surface area (Å²) in [5.74, 6) is -3.23. The summed E-state index contributed by atoms with van der Waals surface area (Å²) in [5.41, 5.74) is 0.503. The fourth-order valence-electron chi connectivity index (χ4n) is 3.37. The zero-order valence-corrected chi connectivity index (χ0v) is 22.3. The molecule has 0 radical (unpaired) electrons. The number of hydrogen-bond donors (Lipinski definition) is 2. The van der Waals surface area contributed by atoms with Gasteiger partial charge in [0.15, 0.2) is 0 Å². The Morgan fingerprint density at radius 1 is 0.688 bits per heavy atom. The molecule has 0 bridgehead atoms. The maximum absolute atomic E-state index is 11.9. The molecule has 0 aliphatic carbocycles. The van der Waals surface area contributed by atoms with Crippen LogP contribution in [0.25, 0.3) is 0 Å². The van der Waals surface area contributed by atoms with E-state index in [1.165, 1.54) is 0 Å². The third-order valence-corrected chi connectivity index (χ3v) is 6.94. The molecule has 0 aliphatic rings. The topological polar surface area (TPSA) is 121 Å². The number of carbonyl (C=O) groups excluding carboxylic acids is 2. The first-order valence-corrected chi connectivity index (χ1v) is 12.1. The number of phenols is 2. The Balaban J connectivity index is 2.29. The average Bonchev–Trinajstić information content (AvgIpc) is 2.69. The van der Waals surface area contributed by atoms with Crippen molar-refractivity contribution in [2.24, 2.45) is 0 Å². The molecule has 0 spiro atoms. The Kier molecular flexibility index (Phi) is 7.69. The van der Waals surface area contributed by atoms with Crippen molar-refractivity contribution in [3.8, 4) is 11.5 Å². The summed E-state index contributed by atoms with van der Waals surface area (Å²) in [4.78, 5) is 23.7. The van der Waals surface area contributed by atoms with Crippen LogP contribution in [0.5, 0.6) is 11.5 Å². The molecule has 0 saturated carbocycles. The van der Waals surface area contributed by atoms with Crippen molar-refractivity contribution in [2.45, 2.75) is 12.8 Å². The molecule has 0 atom stereocenters. The lowest BCUT2D eigenvalue weighted by atomic mass is 9.87. The number of hydrogen-bond acceptors (Lipinski definition) is 6. The third-order valence-electron chi connectivity index (χ3n) is 4.82. The number of phenolic OH excluding ortho intramolecular Hbond substituents is 2. The highest BCUT2D eigenvalue weighted by atomic mass is 79.9. The Hall–Kier alpha value is -1.88. The Morgan fingerprint density at radius 2 is 1.03 bits per heavy atom. The van der Waals surface area contributed by atoms with Gasteiger partial charge in [-0.3, -0.25) is 0 Å². The lowest BCUT2D eigenvalue weighted by Crippen LogP contribution is -2.28. The van der Waals surface area contributed by atoms with Crippen LogP contribution in [0.15, 0.2) is 54.3 Å². The maximum atomic E-state index is 11.9. The van der Waals surface area contributed by atoms with Crippen LogP contribution in [-0.4, -0.2) is 22.2 Å². The summed E-state index contributed by atoms with van der Waals surface area (Å²) in [6.45, 7) is 0. The lowest BCUT2D eigenvalue weighted by molar-refractivity contribution is -0.256. The van der Waals surface area contributed by atoms with E-state index in [4.69, 9.17) is 0 Å². The van der Waals surface area contributed by atoms with Gasteiger partial charge in [-0.05, 0) is 67.3 Å². The summed E-state index contributed by atoms with van der Waals surface area (Å²) in [6, 6.07) is 8.71. The zero-order valence-electron chi connectivity index (χ0n) is 15.9. The summed E-state index contributed by atoms with van der Waals surface area (Å²) in [5, 5.41) is 44.7. The predicted octanol–water partition coefficient (Wildman–Crippen LogP) is 4.06. The summed E-state index contributed by atoms with van der Waals surface area (Å²) < 4.78 is 2.00. The first kappa shape index (κ1) is 24.8. The first-order chi connectivity index (χ1) is 15.0. The molecule has 0 unspecified atom stereocenters. The number of benzene rings is 3. The molecule has 32 heavy (non-hydrogen) atoms. The minimum absolute atomic E-state index is 0.112. The largest absolute Gasteiger partial charge is 0.545 e. The van der Waals surface area contributed by atoms with Crippen LogP contribution < -0.4 is 10.2 Å². The first-order valence-electron chi connectivity index (χ1n) is 8.90. The van der Waals surface area contributed by atoms with E-state index in [0.29, 0.717) is 29.0 Å². The molecule has 0 fully saturated rings. The molecule has 0 aromatic heterocycles. The van der Waals surface area contributed by atoms with E-state index in [-0.39, 0.29) is 46.6 Å². The van der Waals surface area contributed by atoms with Crippen molar-refractivity contribution in [1.82, 2.24) is 0 Å². The van der Waals surface area contributed by atoms with Gasteiger partial charge in [-0.15, -0.1) is 0 Å². The fourth-order valence-corrected chi connectivity index (χ4v) is 6.00. The smallest absolute Gasteiger partial charge is 0.133 e. The zero-order chi connectivity index (χ0) is 23.7. The van der Waals surface area contributed by atoms with E-state index >= 15 is 0 Å². The standard InChI is InChI=1S/C22H14Br4O6/c23-11-3-9(19(27)17(25)7-11)5-15-13(21(29)30)1-2-14(22(31)32)16(15)6-10-4-12(24)8-18(26)20(10)28/h1-4,7-8,27-28H,5-6H2,(H,29,30)(H,31,32)/p-2. The third kappa shape index (κ3) is 5.19. The maximum Gasteiger partial charge on any atom is 0.133 e. The lowest BCUT2D eigenvalue weighted by Gasteiger charge is -2.21. The van der Waals surface area contributed by atoms with Crippen LogP contribution in [0.4, 0.5) is 0 Å². The molecule has 10 heteroatoms. The van der Waals surface area contributed by atoms with Gasteiger partial charge in [0.2, 0.25) is 0 Å². The monoisotopic (exact) mass is 688 g/mol. The van der Waals surface area contributed by atoms with Crippen molar-refractivity contribution in [2.75, 3.05) is 0 Å². The Morgan fingerprint density at radius 3 is 1.34 bits per heavy atom. The van der Waals surface area contributed by atoms with Crippen LogP contribution in [-0.2, 0) is 12.8 Å². The fraction of sp³-hybridized carbons (Fsp3) is 0.0909. The van der Waals surface area contributed by atoms with Gasteiger partial charge in [-0.25, -0.2) is 0 Å². The van der Waals surface area contributed by atoms with Gasteiger partial charge in [0.25, 0.3) is 0 Å². The second kappa shape index (κ2) is 9.94. The van der Waals surface area contributed by atoms with Gasteiger partial charge in [0.05, 0.1) is 20.9 Å². The van der Waals surface area contributed by atoms with Crippen LogP contribution in [0.3, 0.4) is 0 Å². The molecule has 3 aromatic rings. The molecule has 6 nitrogen and oxygen atoms in total. The van der Waals surface area contributed by atoms with Crippen LogP contribution in [0.2, 0.25) is 0 Å².